The van der Waals surface area contributed by atoms with Crippen LogP contribution in [0.5, 0.6) is 0 Å². The highest BCUT2D eigenvalue weighted by atomic mass is 19.4. The molecule has 5 rings (SSSR count). The minimum Gasteiger partial charge on any atom is -0.475 e. The summed E-state index contributed by atoms with van der Waals surface area (Å²) in [5, 5.41) is 15.5. The number of carboxylic acid groups (broad SMARTS) is 1. The van der Waals surface area contributed by atoms with Crippen molar-refractivity contribution in [3.05, 3.63) is 77.4 Å². The molecule has 1 aliphatic carbocycles. The Hall–Kier alpha value is -4.45. The highest BCUT2D eigenvalue weighted by Crippen LogP contribution is 2.65. The van der Waals surface area contributed by atoms with Crippen molar-refractivity contribution >= 4 is 40.2 Å². The van der Waals surface area contributed by atoms with Crippen LogP contribution in [0.2, 0.25) is 0 Å². The van der Waals surface area contributed by atoms with Crippen molar-refractivity contribution in [3.8, 4) is 0 Å². The molecule has 48 heavy (non-hydrogen) atoms. The molecule has 1 heterocycles. The van der Waals surface area contributed by atoms with Gasteiger partial charge in [0.1, 0.15) is 6.04 Å². The molecule has 5 atom stereocenters. The van der Waals surface area contributed by atoms with Crippen LogP contribution in [-0.4, -0.2) is 58.5 Å². The number of halogens is 3. The molecule has 0 unspecified atom stereocenters. The quantitative estimate of drug-likeness (QED) is 0.251. The molecule has 1 saturated carbocycles. The second-order valence-electron chi connectivity index (χ2n) is 14.3. The van der Waals surface area contributed by atoms with Gasteiger partial charge in [-0.15, -0.1) is 0 Å². The van der Waals surface area contributed by atoms with Gasteiger partial charge in [0.25, 0.3) is 5.91 Å². The van der Waals surface area contributed by atoms with Crippen molar-refractivity contribution in [2.45, 2.75) is 72.8 Å². The fourth-order valence-corrected chi connectivity index (χ4v) is 6.50. The van der Waals surface area contributed by atoms with Crippen molar-refractivity contribution in [2.24, 2.45) is 28.4 Å². The maximum Gasteiger partial charge on any atom is 0.490 e. The Morgan fingerprint density at radius 1 is 1.00 bits per heavy atom. The van der Waals surface area contributed by atoms with Crippen molar-refractivity contribution in [3.63, 3.8) is 0 Å². The van der Waals surface area contributed by atoms with Crippen LogP contribution in [0.4, 0.5) is 18.9 Å². The standard InChI is InChI=1S/C34H42N4O3.C2HF3O2/c1-19-15-16-22(17-25(19)30(39)36-20(2)23-14-10-12-21-11-8-9-13-24(21)23)37-31(40)28-27-26(34(27,6)7)18-38(28)32(41)29(35)33(3,4)5;3-2(4,5)1(6)7/h8-17,20,26-29H,18,35H2,1-7H3,(H,36,39)(H,37,40);(H,6,7)/t20-,26+,27+,28+,29+;/m1./s1. The monoisotopic (exact) mass is 668 g/mol. The Bertz CT molecular complexity index is 1730. The number of amides is 3. The first-order chi connectivity index (χ1) is 22.2. The average Bonchev–Trinajstić information content (AvgIpc) is 3.31. The van der Waals surface area contributed by atoms with E-state index in [-0.39, 0.29) is 41.0 Å². The van der Waals surface area contributed by atoms with Crippen LogP contribution in [0, 0.1) is 29.6 Å². The number of fused-ring (bicyclic) bond motifs is 2. The number of alkyl halides is 3. The van der Waals surface area contributed by atoms with Crippen molar-refractivity contribution < 1.29 is 37.5 Å². The van der Waals surface area contributed by atoms with E-state index < -0.39 is 29.6 Å². The van der Waals surface area contributed by atoms with Gasteiger partial charge in [0.05, 0.1) is 12.1 Å². The molecule has 3 aromatic rings. The third-order valence-corrected chi connectivity index (χ3v) is 9.59. The third-order valence-electron chi connectivity index (χ3n) is 9.59. The van der Waals surface area contributed by atoms with E-state index in [1.807, 2.05) is 65.0 Å². The minimum absolute atomic E-state index is 0.0132. The number of carbonyl (C=O) groups is 4. The van der Waals surface area contributed by atoms with Gasteiger partial charge in [-0.05, 0) is 70.5 Å². The Morgan fingerprint density at radius 2 is 1.60 bits per heavy atom. The van der Waals surface area contributed by atoms with Gasteiger partial charge in [-0.3, -0.25) is 14.4 Å². The lowest BCUT2D eigenvalue weighted by Gasteiger charge is -2.35. The fourth-order valence-electron chi connectivity index (χ4n) is 6.50. The summed E-state index contributed by atoms with van der Waals surface area (Å²) < 4.78 is 31.7. The van der Waals surface area contributed by atoms with E-state index in [2.05, 4.69) is 42.7 Å². The number of benzene rings is 3. The first-order valence-corrected chi connectivity index (χ1v) is 15.7. The van der Waals surface area contributed by atoms with E-state index in [0.29, 0.717) is 17.8 Å². The van der Waals surface area contributed by atoms with E-state index >= 15 is 0 Å². The summed E-state index contributed by atoms with van der Waals surface area (Å²) in [4.78, 5) is 51.1. The highest BCUT2D eigenvalue weighted by Gasteiger charge is 2.69. The number of carboxylic acids is 1. The van der Waals surface area contributed by atoms with Crippen LogP contribution >= 0.6 is 0 Å². The summed E-state index contributed by atoms with van der Waals surface area (Å²) in [5.74, 6) is -3.05. The molecular weight excluding hydrogens is 625 g/mol. The van der Waals surface area contributed by atoms with Crippen molar-refractivity contribution in [1.29, 1.82) is 0 Å². The summed E-state index contributed by atoms with van der Waals surface area (Å²) >= 11 is 0. The van der Waals surface area contributed by atoms with Gasteiger partial charge < -0.3 is 26.4 Å². The van der Waals surface area contributed by atoms with Crippen LogP contribution in [0.25, 0.3) is 10.8 Å². The topological polar surface area (TPSA) is 142 Å². The SMILES string of the molecule is Cc1ccc(NC(=O)[C@@H]2[C@@H]3[C@H](CN2C(=O)[C@H](N)C(C)(C)C)C3(C)C)cc1C(=O)N[C@H](C)c1cccc2ccccc12.O=C(O)C(F)(F)F. The maximum absolute atomic E-state index is 13.7. The number of hydrogen-bond acceptors (Lipinski definition) is 5. The molecule has 1 aliphatic heterocycles. The molecule has 0 bridgehead atoms. The Labute approximate surface area is 278 Å². The van der Waals surface area contributed by atoms with Crippen LogP contribution in [0.15, 0.2) is 60.7 Å². The van der Waals surface area contributed by atoms with E-state index in [4.69, 9.17) is 15.6 Å². The normalized spacial score (nSPS) is 20.9. The number of anilines is 1. The Morgan fingerprint density at radius 3 is 2.21 bits per heavy atom. The van der Waals surface area contributed by atoms with Gasteiger partial charge >= 0.3 is 12.1 Å². The molecule has 0 spiro atoms. The lowest BCUT2D eigenvalue weighted by Crippen LogP contribution is -2.56. The molecule has 2 aliphatic rings. The van der Waals surface area contributed by atoms with Crippen LogP contribution in [-0.2, 0) is 14.4 Å². The Kier molecular flexibility index (Phi) is 10.0. The molecule has 2 fully saturated rings. The summed E-state index contributed by atoms with van der Waals surface area (Å²) in [6.45, 7) is 14.5. The second kappa shape index (κ2) is 13.2. The van der Waals surface area contributed by atoms with E-state index in [1.165, 1.54) is 0 Å². The smallest absolute Gasteiger partial charge is 0.475 e. The second-order valence-corrected chi connectivity index (χ2v) is 14.3. The molecular formula is C36H43F3N4O5. The van der Waals surface area contributed by atoms with Crippen molar-refractivity contribution in [1.82, 2.24) is 10.2 Å². The molecule has 0 radical (unpaired) electrons. The number of nitrogens with one attached hydrogen (secondary N) is 2. The van der Waals surface area contributed by atoms with Gasteiger partial charge in [0.2, 0.25) is 11.8 Å². The average molecular weight is 669 g/mol. The summed E-state index contributed by atoms with van der Waals surface area (Å²) in [6, 6.07) is 18.1. The summed E-state index contributed by atoms with van der Waals surface area (Å²) in [6.07, 6.45) is -5.08. The van der Waals surface area contributed by atoms with Gasteiger partial charge in [-0.1, -0.05) is 83.1 Å². The molecule has 1 saturated heterocycles. The predicted octanol–water partition coefficient (Wildman–Crippen LogP) is 6.07. The van der Waals surface area contributed by atoms with E-state index in [1.54, 1.807) is 17.0 Å². The molecule has 258 valence electrons. The predicted molar refractivity (Wildman–Crippen MR) is 177 cm³/mol. The number of likely N-dealkylation sites (tertiary alicyclic amines) is 1. The van der Waals surface area contributed by atoms with Crippen LogP contribution in [0.3, 0.4) is 0 Å². The number of carbonyl (C=O) groups excluding carboxylic acids is 3. The van der Waals surface area contributed by atoms with E-state index in [9.17, 15) is 27.6 Å². The third kappa shape index (κ3) is 7.48. The number of nitrogens with two attached hydrogens (primary N) is 1. The number of piperidine rings is 1. The van der Waals surface area contributed by atoms with Gasteiger partial charge in [0.15, 0.2) is 0 Å². The molecule has 12 heteroatoms. The zero-order valence-corrected chi connectivity index (χ0v) is 28.1. The van der Waals surface area contributed by atoms with Gasteiger partial charge in [0, 0.05) is 17.8 Å². The summed E-state index contributed by atoms with van der Waals surface area (Å²) in [7, 11) is 0. The molecule has 5 N–H and O–H groups in total. The Balaban J connectivity index is 0.000000671. The van der Waals surface area contributed by atoms with E-state index in [0.717, 1.165) is 21.9 Å². The first-order valence-electron chi connectivity index (χ1n) is 15.7. The fraction of sp³-hybridized carbons (Fsp3) is 0.444. The minimum atomic E-state index is -5.08. The number of rotatable bonds is 6. The highest BCUT2D eigenvalue weighted by molar-refractivity contribution is 6.02. The zero-order valence-electron chi connectivity index (χ0n) is 28.1. The molecule has 0 aromatic heterocycles. The molecule has 3 amide bonds. The largest absolute Gasteiger partial charge is 0.490 e. The molecule has 9 nitrogen and oxygen atoms in total. The lowest BCUT2D eigenvalue weighted by molar-refractivity contribution is -0.192. The number of hydrogen-bond donors (Lipinski definition) is 4. The van der Waals surface area contributed by atoms with Gasteiger partial charge in [-0.2, -0.15) is 13.2 Å². The number of aliphatic carboxylic acids is 1. The van der Waals surface area contributed by atoms with Crippen molar-refractivity contribution in [2.75, 3.05) is 11.9 Å². The number of aryl methyl sites for hydroxylation is 1. The van der Waals surface area contributed by atoms with Gasteiger partial charge in [-0.25, -0.2) is 4.79 Å². The lowest BCUT2D eigenvalue weighted by atomic mass is 9.86. The molecule has 3 aromatic carbocycles. The van der Waals surface area contributed by atoms with Crippen LogP contribution in [0.1, 0.15) is 69.1 Å². The zero-order chi connectivity index (χ0) is 35.9. The number of nitrogens with zero attached hydrogens (tertiary/aromatic N) is 1. The summed E-state index contributed by atoms with van der Waals surface area (Å²) in [5.41, 5.74) is 8.77. The van der Waals surface area contributed by atoms with Crippen LogP contribution < -0.4 is 16.4 Å². The first kappa shape index (κ1) is 36.4. The maximum atomic E-state index is 13.7.